The molecule has 0 aliphatic carbocycles. The number of nitrogens with zero attached hydrogens (tertiary/aromatic N) is 3. The smallest absolute Gasteiger partial charge is 0.317 e. The molecule has 0 radical (unpaired) electrons. The van der Waals surface area contributed by atoms with E-state index in [1.165, 1.54) is 5.56 Å². The van der Waals surface area contributed by atoms with Crippen LogP contribution in [0.2, 0.25) is 0 Å². The summed E-state index contributed by atoms with van der Waals surface area (Å²) in [5, 5.41) is 7.13. The Morgan fingerprint density at radius 2 is 2.30 bits per heavy atom. The van der Waals surface area contributed by atoms with Crippen molar-refractivity contribution in [2.24, 2.45) is 0 Å². The predicted octanol–water partition coefficient (Wildman–Crippen LogP) is 1.14. The minimum Gasteiger partial charge on any atom is -0.361 e. The number of rotatable bonds is 3. The highest BCUT2D eigenvalue weighted by molar-refractivity contribution is 5.77. The number of urea groups is 1. The molecule has 2 fully saturated rings. The fraction of sp³-hybridized carbons (Fsp3) is 0.714. The zero-order valence-corrected chi connectivity index (χ0v) is 12.3. The van der Waals surface area contributed by atoms with Crippen LogP contribution in [0.1, 0.15) is 30.4 Å². The van der Waals surface area contributed by atoms with Crippen LogP contribution in [-0.4, -0.2) is 53.2 Å². The molecule has 1 N–H and O–H groups in total. The van der Waals surface area contributed by atoms with Crippen LogP contribution >= 0.6 is 0 Å². The molecule has 0 bridgehead atoms. The van der Waals surface area contributed by atoms with Crippen molar-refractivity contribution in [3.8, 4) is 0 Å². The molecule has 1 aromatic heterocycles. The lowest BCUT2D eigenvalue weighted by atomic mass is 9.99. The molecule has 20 heavy (non-hydrogen) atoms. The average molecular weight is 278 g/mol. The third kappa shape index (κ3) is 2.18. The van der Waals surface area contributed by atoms with E-state index in [0.717, 1.165) is 43.9 Å². The van der Waals surface area contributed by atoms with Crippen LogP contribution in [0.5, 0.6) is 0 Å². The normalized spacial score (nSPS) is 26.8. The molecule has 2 atom stereocenters. The highest BCUT2D eigenvalue weighted by Gasteiger charge is 2.40. The van der Waals surface area contributed by atoms with Gasteiger partial charge in [0.15, 0.2) is 0 Å². The number of hydrogen-bond donors (Lipinski definition) is 1. The highest BCUT2D eigenvalue weighted by atomic mass is 16.5. The Morgan fingerprint density at radius 1 is 1.50 bits per heavy atom. The molecule has 3 rings (SSSR count). The maximum Gasteiger partial charge on any atom is 0.317 e. The number of piperidine rings is 1. The third-order valence-corrected chi connectivity index (χ3v) is 4.56. The van der Waals surface area contributed by atoms with Crippen LogP contribution in [-0.2, 0) is 13.0 Å². The summed E-state index contributed by atoms with van der Waals surface area (Å²) in [5.74, 6) is 0.984. The van der Waals surface area contributed by atoms with Gasteiger partial charge in [-0.15, -0.1) is 0 Å². The molecule has 0 aromatic carbocycles. The maximum atomic E-state index is 11.7. The largest absolute Gasteiger partial charge is 0.361 e. The Morgan fingerprint density at radius 3 is 3.05 bits per heavy atom. The maximum absolute atomic E-state index is 11.7. The van der Waals surface area contributed by atoms with Crippen molar-refractivity contribution in [3.63, 3.8) is 0 Å². The Balaban J connectivity index is 1.68. The van der Waals surface area contributed by atoms with Crippen LogP contribution in [0.15, 0.2) is 4.52 Å². The summed E-state index contributed by atoms with van der Waals surface area (Å²) < 4.78 is 5.35. The molecule has 2 amide bonds. The lowest BCUT2D eigenvalue weighted by molar-refractivity contribution is 0.146. The number of likely N-dealkylation sites (tertiary alicyclic amines) is 1. The van der Waals surface area contributed by atoms with Gasteiger partial charge in [0.05, 0.1) is 17.8 Å². The summed E-state index contributed by atoms with van der Waals surface area (Å²) in [6.07, 6.45) is 1.89. The van der Waals surface area contributed by atoms with Gasteiger partial charge in [0.2, 0.25) is 0 Å². The summed E-state index contributed by atoms with van der Waals surface area (Å²) in [6.45, 7) is 6.85. The number of amides is 2. The van der Waals surface area contributed by atoms with E-state index >= 15 is 0 Å². The first-order chi connectivity index (χ1) is 9.60. The summed E-state index contributed by atoms with van der Waals surface area (Å²) in [4.78, 5) is 15.9. The van der Waals surface area contributed by atoms with Gasteiger partial charge in [-0.2, -0.15) is 0 Å². The predicted molar refractivity (Wildman–Crippen MR) is 74.4 cm³/mol. The molecule has 2 aliphatic heterocycles. The Labute approximate surface area is 119 Å². The van der Waals surface area contributed by atoms with E-state index in [0.29, 0.717) is 6.04 Å². The number of aromatic nitrogens is 1. The van der Waals surface area contributed by atoms with Crippen LogP contribution < -0.4 is 5.32 Å². The number of aryl methyl sites for hydroxylation is 2. The van der Waals surface area contributed by atoms with Crippen molar-refractivity contribution in [2.45, 2.75) is 45.3 Å². The Bertz CT molecular complexity index is 513. The summed E-state index contributed by atoms with van der Waals surface area (Å²) in [7, 11) is 1.88. The van der Waals surface area contributed by atoms with E-state index in [-0.39, 0.29) is 12.1 Å². The van der Waals surface area contributed by atoms with E-state index in [1.807, 2.05) is 18.9 Å². The van der Waals surface area contributed by atoms with E-state index in [1.54, 1.807) is 0 Å². The first-order valence-electron chi connectivity index (χ1n) is 7.29. The minimum absolute atomic E-state index is 0.0530. The number of carbonyl (C=O) groups excluding carboxylic acids is 1. The van der Waals surface area contributed by atoms with Crippen molar-refractivity contribution in [2.75, 3.05) is 20.1 Å². The van der Waals surface area contributed by atoms with Crippen LogP contribution in [0.3, 0.4) is 0 Å². The zero-order chi connectivity index (χ0) is 14.3. The van der Waals surface area contributed by atoms with Gasteiger partial charge in [-0.3, -0.25) is 4.90 Å². The van der Waals surface area contributed by atoms with Gasteiger partial charge < -0.3 is 14.7 Å². The molecule has 6 heteroatoms. The van der Waals surface area contributed by atoms with Crippen LogP contribution in [0.25, 0.3) is 0 Å². The van der Waals surface area contributed by atoms with Crippen LogP contribution in [0.4, 0.5) is 4.79 Å². The van der Waals surface area contributed by atoms with Crippen LogP contribution in [0, 0.1) is 6.92 Å². The molecule has 2 aliphatic rings. The third-order valence-electron chi connectivity index (χ3n) is 4.56. The molecular weight excluding hydrogens is 256 g/mol. The number of fused-ring (bicyclic) bond motifs is 1. The molecule has 1 aromatic rings. The molecule has 3 heterocycles. The van der Waals surface area contributed by atoms with E-state index in [9.17, 15) is 4.79 Å². The van der Waals surface area contributed by atoms with Crippen molar-refractivity contribution in [3.05, 3.63) is 17.0 Å². The fourth-order valence-corrected chi connectivity index (χ4v) is 3.31. The van der Waals surface area contributed by atoms with Gasteiger partial charge in [-0.25, -0.2) is 4.79 Å². The van der Waals surface area contributed by atoms with Crippen molar-refractivity contribution in [1.29, 1.82) is 0 Å². The van der Waals surface area contributed by atoms with E-state index in [2.05, 4.69) is 22.3 Å². The Hall–Kier alpha value is -1.56. The average Bonchev–Trinajstić information content (AvgIpc) is 2.92. The highest BCUT2D eigenvalue weighted by Crippen LogP contribution is 2.24. The lowest BCUT2D eigenvalue weighted by Crippen LogP contribution is -2.50. The first kappa shape index (κ1) is 13.4. The second-order valence-corrected chi connectivity index (χ2v) is 5.78. The molecule has 2 saturated heterocycles. The second-order valence-electron chi connectivity index (χ2n) is 5.78. The molecule has 0 spiro atoms. The summed E-state index contributed by atoms with van der Waals surface area (Å²) >= 11 is 0. The number of carbonyl (C=O) groups is 1. The van der Waals surface area contributed by atoms with Crippen molar-refractivity contribution in [1.82, 2.24) is 20.3 Å². The van der Waals surface area contributed by atoms with Crippen molar-refractivity contribution >= 4 is 6.03 Å². The molecule has 110 valence electrons. The minimum atomic E-state index is 0.0530. The Kier molecular flexibility index (Phi) is 3.41. The SMILES string of the molecule is CCc1onc(C)c1CN1CC[C@H]2[C@@H](C1)NC(=O)N2C. The first-order valence-corrected chi connectivity index (χ1v) is 7.29. The molecule has 0 unspecified atom stereocenters. The van der Waals surface area contributed by atoms with Gasteiger partial charge in [0, 0.05) is 38.7 Å². The monoisotopic (exact) mass is 278 g/mol. The van der Waals surface area contributed by atoms with Gasteiger partial charge in [-0.1, -0.05) is 12.1 Å². The van der Waals surface area contributed by atoms with E-state index in [4.69, 9.17) is 4.52 Å². The summed E-state index contributed by atoms with van der Waals surface area (Å²) in [5.41, 5.74) is 2.19. The number of nitrogens with one attached hydrogen (secondary N) is 1. The molecule has 0 saturated carbocycles. The lowest BCUT2D eigenvalue weighted by Gasteiger charge is -2.35. The van der Waals surface area contributed by atoms with Gasteiger partial charge >= 0.3 is 6.03 Å². The molecule has 6 nitrogen and oxygen atoms in total. The van der Waals surface area contributed by atoms with E-state index < -0.39 is 0 Å². The van der Waals surface area contributed by atoms with Crippen molar-refractivity contribution < 1.29 is 9.32 Å². The number of hydrogen-bond acceptors (Lipinski definition) is 4. The summed E-state index contributed by atoms with van der Waals surface area (Å²) in [6, 6.07) is 0.636. The topological polar surface area (TPSA) is 61.6 Å². The van der Waals surface area contributed by atoms with Gasteiger partial charge in [0.25, 0.3) is 0 Å². The second kappa shape index (κ2) is 5.09. The molecular formula is C14H22N4O2. The number of likely N-dealkylation sites (N-methyl/N-ethyl adjacent to an activating group) is 1. The zero-order valence-electron chi connectivity index (χ0n) is 12.3. The fourth-order valence-electron chi connectivity index (χ4n) is 3.31. The van der Waals surface area contributed by atoms with Gasteiger partial charge in [0.1, 0.15) is 5.76 Å². The standard InChI is InChI=1S/C14H22N4O2/c1-4-13-10(9(2)16-20-13)7-18-6-5-12-11(8-18)15-14(19)17(12)3/h11-12H,4-8H2,1-3H3,(H,15,19)/t11-,12+/m1/s1. The quantitative estimate of drug-likeness (QED) is 0.901. The van der Waals surface area contributed by atoms with Gasteiger partial charge in [-0.05, 0) is 13.3 Å².